The maximum atomic E-state index is 11.8. The molecule has 0 saturated carbocycles. The molecule has 1 atom stereocenters. The fraction of sp³-hybridized carbons (Fsp3) is 0.818. The topological polar surface area (TPSA) is 66.4 Å². The number of carboxylic acid groups (broad SMARTS) is 1. The minimum Gasteiger partial charge on any atom is -0.480 e. The largest absolute Gasteiger partial charge is 0.480 e. The fourth-order valence-electron chi connectivity index (χ4n) is 2.03. The summed E-state index contributed by atoms with van der Waals surface area (Å²) in [7, 11) is 0. The fourth-order valence-corrected chi connectivity index (χ4v) is 2.03. The van der Waals surface area contributed by atoms with Crippen LogP contribution >= 0.6 is 0 Å². The summed E-state index contributed by atoms with van der Waals surface area (Å²) in [4.78, 5) is 23.0. The Kier molecular flexibility index (Phi) is 4.27. The van der Waals surface area contributed by atoms with Crippen LogP contribution in [0, 0.1) is 0 Å². The molecule has 1 saturated heterocycles. The number of rotatable bonds is 6. The number of ketones is 1. The van der Waals surface area contributed by atoms with E-state index in [-0.39, 0.29) is 5.78 Å². The molecule has 1 fully saturated rings. The van der Waals surface area contributed by atoms with Gasteiger partial charge in [-0.25, -0.2) is 4.79 Å². The molecule has 1 rings (SSSR count). The van der Waals surface area contributed by atoms with Crippen molar-refractivity contribution in [2.24, 2.45) is 0 Å². The molecule has 1 aliphatic heterocycles. The van der Waals surface area contributed by atoms with E-state index >= 15 is 0 Å². The summed E-state index contributed by atoms with van der Waals surface area (Å²) in [5, 5.41) is 12.0. The van der Waals surface area contributed by atoms with E-state index in [2.05, 4.69) is 12.2 Å². The lowest BCUT2D eigenvalue weighted by Crippen LogP contribution is -2.54. The van der Waals surface area contributed by atoms with E-state index in [9.17, 15) is 9.59 Å². The molecule has 15 heavy (non-hydrogen) atoms. The first-order valence-electron chi connectivity index (χ1n) is 5.65. The SMILES string of the molecule is CCCCCC(=O)[C@@]1(C(=O)O)CCCN1. The number of unbranched alkanes of at least 4 members (excludes halogenated alkanes) is 2. The monoisotopic (exact) mass is 213 g/mol. The lowest BCUT2D eigenvalue weighted by atomic mass is 9.89. The molecule has 1 heterocycles. The Balaban J connectivity index is 2.56. The Morgan fingerprint density at radius 3 is 2.60 bits per heavy atom. The molecule has 0 aliphatic carbocycles. The number of hydrogen-bond acceptors (Lipinski definition) is 3. The van der Waals surface area contributed by atoms with Crippen molar-refractivity contribution >= 4 is 11.8 Å². The van der Waals surface area contributed by atoms with Gasteiger partial charge in [-0.3, -0.25) is 10.1 Å². The van der Waals surface area contributed by atoms with Crippen molar-refractivity contribution < 1.29 is 14.7 Å². The molecule has 0 spiro atoms. The molecule has 4 nitrogen and oxygen atoms in total. The average molecular weight is 213 g/mol. The van der Waals surface area contributed by atoms with E-state index in [1.807, 2.05) is 0 Å². The Labute approximate surface area is 90.0 Å². The van der Waals surface area contributed by atoms with Gasteiger partial charge in [0.05, 0.1) is 0 Å². The number of carbonyl (C=O) groups is 2. The zero-order valence-electron chi connectivity index (χ0n) is 9.21. The lowest BCUT2D eigenvalue weighted by molar-refractivity contribution is -0.149. The number of nitrogens with one attached hydrogen (secondary N) is 1. The summed E-state index contributed by atoms with van der Waals surface area (Å²) >= 11 is 0. The van der Waals surface area contributed by atoms with Crippen molar-refractivity contribution in [2.75, 3.05) is 6.54 Å². The quantitative estimate of drug-likeness (QED) is 0.516. The standard InChI is InChI=1S/C11H19NO3/c1-2-3-4-6-9(13)11(10(14)15)7-5-8-12-11/h12H,2-8H2,1H3,(H,14,15)/t11-/m1/s1. The number of carboxylic acids is 1. The highest BCUT2D eigenvalue weighted by Crippen LogP contribution is 2.23. The summed E-state index contributed by atoms with van der Waals surface area (Å²) in [6, 6.07) is 0. The van der Waals surface area contributed by atoms with Crippen LogP contribution in [0.5, 0.6) is 0 Å². The molecular weight excluding hydrogens is 194 g/mol. The lowest BCUT2D eigenvalue weighted by Gasteiger charge is -2.22. The summed E-state index contributed by atoms with van der Waals surface area (Å²) < 4.78 is 0. The Bertz CT molecular complexity index is 244. The van der Waals surface area contributed by atoms with Crippen molar-refractivity contribution in [3.05, 3.63) is 0 Å². The van der Waals surface area contributed by atoms with E-state index in [0.717, 1.165) is 25.7 Å². The molecular formula is C11H19NO3. The van der Waals surface area contributed by atoms with E-state index in [4.69, 9.17) is 5.11 Å². The summed E-state index contributed by atoms with van der Waals surface area (Å²) in [6.07, 6.45) is 4.42. The smallest absolute Gasteiger partial charge is 0.331 e. The highest BCUT2D eigenvalue weighted by molar-refractivity contribution is 6.08. The van der Waals surface area contributed by atoms with Crippen molar-refractivity contribution in [3.63, 3.8) is 0 Å². The minimum atomic E-state index is -1.27. The first-order chi connectivity index (χ1) is 7.13. The Hall–Kier alpha value is -0.900. The summed E-state index contributed by atoms with van der Waals surface area (Å²) in [6.45, 7) is 2.69. The molecule has 0 radical (unpaired) electrons. The van der Waals surface area contributed by atoms with E-state index in [1.54, 1.807) is 0 Å². The zero-order valence-corrected chi connectivity index (χ0v) is 9.21. The van der Waals surface area contributed by atoms with Crippen LogP contribution in [0.15, 0.2) is 0 Å². The maximum Gasteiger partial charge on any atom is 0.331 e. The van der Waals surface area contributed by atoms with Gasteiger partial charge >= 0.3 is 5.97 Å². The number of aliphatic carboxylic acids is 1. The number of hydrogen-bond donors (Lipinski definition) is 2. The van der Waals surface area contributed by atoms with E-state index in [1.165, 1.54) is 0 Å². The first-order valence-corrected chi connectivity index (χ1v) is 5.65. The van der Waals surface area contributed by atoms with Crippen molar-refractivity contribution in [1.82, 2.24) is 5.32 Å². The number of Topliss-reactive ketones (excluding diaryl/α,β-unsaturated/α-hetero) is 1. The minimum absolute atomic E-state index is 0.152. The van der Waals surface area contributed by atoms with Gasteiger partial charge in [-0.1, -0.05) is 19.8 Å². The van der Waals surface area contributed by atoms with Crippen LogP contribution in [0.25, 0.3) is 0 Å². The Morgan fingerprint density at radius 1 is 1.40 bits per heavy atom. The van der Waals surface area contributed by atoms with Crippen molar-refractivity contribution in [1.29, 1.82) is 0 Å². The normalized spacial score (nSPS) is 25.4. The second kappa shape index (κ2) is 5.26. The molecule has 0 aromatic heterocycles. The first kappa shape index (κ1) is 12.2. The summed E-state index contributed by atoms with van der Waals surface area (Å²) in [5.74, 6) is -1.16. The highest BCUT2D eigenvalue weighted by atomic mass is 16.4. The van der Waals surface area contributed by atoms with Crippen LogP contribution in [0.2, 0.25) is 0 Å². The molecule has 0 bridgehead atoms. The third kappa shape index (κ3) is 2.56. The van der Waals surface area contributed by atoms with E-state index in [0.29, 0.717) is 19.4 Å². The van der Waals surface area contributed by atoms with Crippen molar-refractivity contribution in [3.8, 4) is 0 Å². The number of carbonyl (C=O) groups excluding carboxylic acids is 1. The maximum absolute atomic E-state index is 11.8. The molecule has 0 amide bonds. The molecule has 0 aromatic carbocycles. The Morgan fingerprint density at radius 2 is 2.13 bits per heavy atom. The van der Waals surface area contributed by atoms with Gasteiger partial charge in [-0.05, 0) is 25.8 Å². The molecule has 86 valence electrons. The van der Waals surface area contributed by atoms with Crippen LogP contribution in [0.1, 0.15) is 45.4 Å². The molecule has 4 heteroatoms. The van der Waals surface area contributed by atoms with Gasteiger partial charge in [0.15, 0.2) is 11.3 Å². The van der Waals surface area contributed by atoms with Crippen LogP contribution in [-0.4, -0.2) is 28.9 Å². The molecule has 1 aliphatic rings. The predicted molar refractivity (Wildman–Crippen MR) is 56.8 cm³/mol. The third-order valence-corrected chi connectivity index (χ3v) is 3.00. The van der Waals surface area contributed by atoms with Gasteiger partial charge in [0.25, 0.3) is 0 Å². The van der Waals surface area contributed by atoms with Gasteiger partial charge in [0.1, 0.15) is 0 Å². The average Bonchev–Trinajstić information content (AvgIpc) is 2.67. The van der Waals surface area contributed by atoms with Crippen molar-refractivity contribution in [2.45, 2.75) is 51.0 Å². The van der Waals surface area contributed by atoms with Gasteiger partial charge in [-0.2, -0.15) is 0 Å². The van der Waals surface area contributed by atoms with Crippen LogP contribution in [-0.2, 0) is 9.59 Å². The van der Waals surface area contributed by atoms with Gasteiger partial charge in [0.2, 0.25) is 0 Å². The molecule has 2 N–H and O–H groups in total. The predicted octanol–water partition coefficient (Wildman–Crippen LogP) is 1.34. The van der Waals surface area contributed by atoms with E-state index < -0.39 is 11.5 Å². The van der Waals surface area contributed by atoms with Crippen LogP contribution in [0.4, 0.5) is 0 Å². The second-order valence-electron chi connectivity index (χ2n) is 4.12. The highest BCUT2D eigenvalue weighted by Gasteiger charge is 2.47. The zero-order chi connectivity index (χ0) is 11.3. The molecule has 0 aromatic rings. The van der Waals surface area contributed by atoms with Gasteiger partial charge in [-0.15, -0.1) is 0 Å². The third-order valence-electron chi connectivity index (χ3n) is 3.00. The van der Waals surface area contributed by atoms with Gasteiger partial charge < -0.3 is 5.11 Å². The second-order valence-corrected chi connectivity index (χ2v) is 4.12. The summed E-state index contributed by atoms with van der Waals surface area (Å²) in [5.41, 5.74) is -1.27. The van der Waals surface area contributed by atoms with Crippen LogP contribution in [0.3, 0.4) is 0 Å². The molecule has 0 unspecified atom stereocenters. The van der Waals surface area contributed by atoms with Gasteiger partial charge in [0, 0.05) is 6.42 Å². The van der Waals surface area contributed by atoms with Crippen LogP contribution < -0.4 is 5.32 Å².